The average Bonchev–Trinajstić information content (AvgIpc) is 3.96. The Morgan fingerprint density at radius 3 is 2.08 bits per heavy atom. The highest BCUT2D eigenvalue weighted by atomic mass is 32.1. The van der Waals surface area contributed by atoms with Crippen molar-refractivity contribution in [3.05, 3.63) is 75.2 Å². The van der Waals surface area contributed by atoms with Crippen molar-refractivity contribution in [2.24, 2.45) is 0 Å². The molecule has 7 rings (SSSR count). The summed E-state index contributed by atoms with van der Waals surface area (Å²) in [6.07, 6.45) is 10.7. The fraction of sp³-hybridized carbons (Fsp3) is 0.513. The second kappa shape index (κ2) is 15.3. The third-order valence-electron chi connectivity index (χ3n) is 10.7. The summed E-state index contributed by atoms with van der Waals surface area (Å²) in [5.74, 6) is 0.742. The van der Waals surface area contributed by atoms with Crippen molar-refractivity contribution >= 4 is 56.1 Å². The predicted octanol–water partition coefficient (Wildman–Crippen LogP) is 7.72. The van der Waals surface area contributed by atoms with Gasteiger partial charge in [-0.2, -0.15) is 4.98 Å². The van der Waals surface area contributed by atoms with Crippen LogP contribution >= 0.6 is 22.7 Å². The van der Waals surface area contributed by atoms with E-state index in [-0.39, 0.29) is 22.2 Å². The van der Waals surface area contributed by atoms with Gasteiger partial charge in [0.2, 0.25) is 11.0 Å². The first kappa shape index (κ1) is 34.8. The number of aryl methyl sites for hydroxylation is 1. The van der Waals surface area contributed by atoms with Gasteiger partial charge in [0.25, 0.3) is 5.13 Å². The third kappa shape index (κ3) is 7.80. The molecule has 1 saturated carbocycles. The number of thiazole rings is 1. The Hall–Kier alpha value is -3.67. The van der Waals surface area contributed by atoms with Crippen LogP contribution in [0.4, 0.5) is 21.6 Å². The van der Waals surface area contributed by atoms with Crippen LogP contribution in [0, 0.1) is 0 Å². The smallest absolute Gasteiger partial charge is 0.324 e. The fourth-order valence-corrected chi connectivity index (χ4v) is 10.0. The molecule has 2 atom stereocenters. The number of nitrogens with zero attached hydrogens (tertiary/aromatic N) is 6. The van der Waals surface area contributed by atoms with Crippen molar-refractivity contribution in [2.75, 3.05) is 55.4 Å². The highest BCUT2D eigenvalue weighted by molar-refractivity contribution is 7.16. The van der Waals surface area contributed by atoms with Gasteiger partial charge in [0.15, 0.2) is 0 Å². The standard InChI is InChI=1S/C39H49N7O2S2/c1-4-33-36(49-39(40-33)46(2,3)35(48)25-28-13-10-17-32(23-28)45-20-7-8-21-45)29-14-11-15-30(26-29)37-42-43-38(50-37)41-34(47)24-27-12-9-16-31(22-27)44-18-5-6-19-44/h9-10,12-13,16-17,22-23,29-30H,4-8,11,14-15,18-21,24-26H2,1-3H3/p+1. The molecule has 4 aromatic rings. The average molecular weight is 713 g/mol. The minimum absolute atomic E-state index is 0.0628. The molecule has 0 bridgehead atoms. The molecule has 2 unspecified atom stereocenters. The molecular weight excluding hydrogens is 663 g/mol. The Labute approximate surface area is 304 Å². The van der Waals surface area contributed by atoms with Crippen LogP contribution in [0.1, 0.15) is 96.8 Å². The van der Waals surface area contributed by atoms with Crippen LogP contribution in [-0.4, -0.2) is 67.3 Å². The van der Waals surface area contributed by atoms with Crippen LogP contribution in [0.25, 0.3) is 0 Å². The van der Waals surface area contributed by atoms with E-state index in [0.717, 1.165) is 85.2 Å². The Morgan fingerprint density at radius 2 is 1.44 bits per heavy atom. The number of hydrogen-bond donors (Lipinski definition) is 1. The fourth-order valence-electron chi connectivity index (χ4n) is 7.77. The van der Waals surface area contributed by atoms with Gasteiger partial charge in [-0.05, 0) is 92.7 Å². The monoisotopic (exact) mass is 712 g/mol. The van der Waals surface area contributed by atoms with Crippen LogP contribution in [0.5, 0.6) is 0 Å². The molecule has 9 nitrogen and oxygen atoms in total. The van der Waals surface area contributed by atoms with Gasteiger partial charge in [-0.1, -0.05) is 60.3 Å². The quantitative estimate of drug-likeness (QED) is 0.159. The number of quaternary nitrogens is 1. The van der Waals surface area contributed by atoms with Gasteiger partial charge in [0.05, 0.1) is 32.6 Å². The van der Waals surface area contributed by atoms with Crippen molar-refractivity contribution < 1.29 is 9.59 Å². The lowest BCUT2D eigenvalue weighted by Crippen LogP contribution is -2.47. The molecule has 11 heteroatoms. The van der Waals surface area contributed by atoms with E-state index in [9.17, 15) is 9.59 Å². The van der Waals surface area contributed by atoms with Gasteiger partial charge in [0.1, 0.15) is 5.01 Å². The molecule has 2 aliphatic heterocycles. The van der Waals surface area contributed by atoms with Crippen molar-refractivity contribution in [2.45, 2.75) is 89.4 Å². The number of carbonyl (C=O) groups excluding carboxylic acids is 2. The molecule has 264 valence electrons. The maximum atomic E-state index is 13.8. The van der Waals surface area contributed by atoms with Crippen LogP contribution in [0.3, 0.4) is 0 Å². The Balaban J connectivity index is 0.986. The SMILES string of the molecule is CCc1nc([N+](C)(C)C(=O)Cc2cccc(N3CCCC3)c2)sc1C1CCCC(c2nnc(NC(=O)Cc3cccc(N4CCCC4)c3)s2)C1. The molecule has 0 spiro atoms. The minimum atomic E-state index is -0.0628. The lowest BCUT2D eigenvalue weighted by Gasteiger charge is -2.27. The largest absolute Gasteiger partial charge is 0.372 e. The highest BCUT2D eigenvalue weighted by Gasteiger charge is 2.37. The normalized spacial score (nSPS) is 19.7. The van der Waals surface area contributed by atoms with E-state index in [4.69, 9.17) is 4.98 Å². The van der Waals surface area contributed by atoms with Crippen molar-refractivity contribution in [3.63, 3.8) is 0 Å². The van der Waals surface area contributed by atoms with E-state index in [0.29, 0.717) is 23.9 Å². The zero-order valence-electron chi connectivity index (χ0n) is 29.7. The Kier molecular flexibility index (Phi) is 10.6. The maximum absolute atomic E-state index is 13.8. The number of nitrogens with one attached hydrogen (secondary N) is 1. The van der Waals surface area contributed by atoms with Crippen LogP contribution in [-0.2, 0) is 28.9 Å². The van der Waals surface area contributed by atoms with Gasteiger partial charge < -0.3 is 15.1 Å². The number of rotatable bonds is 11. The molecule has 2 aromatic carbocycles. The predicted molar refractivity (Wildman–Crippen MR) is 206 cm³/mol. The maximum Gasteiger partial charge on any atom is 0.324 e. The zero-order chi connectivity index (χ0) is 34.7. The molecule has 3 aliphatic rings. The summed E-state index contributed by atoms with van der Waals surface area (Å²) in [7, 11) is 3.97. The first-order valence-electron chi connectivity index (χ1n) is 18.5. The summed E-state index contributed by atoms with van der Waals surface area (Å²) in [5.41, 5.74) is 5.61. The second-order valence-electron chi connectivity index (χ2n) is 14.6. The number of likely N-dealkylation sites (N-methyl/N-ethyl adjacent to an activating group) is 1. The number of hydrogen-bond acceptors (Lipinski definition) is 9. The molecular formula is C39H50N7O2S2+. The number of benzene rings is 2. The van der Waals surface area contributed by atoms with Crippen LogP contribution in [0.15, 0.2) is 48.5 Å². The lowest BCUT2D eigenvalue weighted by atomic mass is 9.80. The van der Waals surface area contributed by atoms with E-state index in [1.807, 2.05) is 26.2 Å². The van der Waals surface area contributed by atoms with Crippen molar-refractivity contribution in [3.8, 4) is 0 Å². The summed E-state index contributed by atoms with van der Waals surface area (Å²) in [6.45, 7) is 6.51. The Morgan fingerprint density at radius 1 is 0.820 bits per heavy atom. The first-order chi connectivity index (χ1) is 24.3. The zero-order valence-corrected chi connectivity index (χ0v) is 31.3. The molecule has 50 heavy (non-hydrogen) atoms. The lowest BCUT2D eigenvalue weighted by molar-refractivity contribution is -0.127. The topological polar surface area (TPSA) is 91.3 Å². The summed E-state index contributed by atoms with van der Waals surface area (Å²) < 4.78 is 0.143. The van der Waals surface area contributed by atoms with Crippen LogP contribution in [0.2, 0.25) is 0 Å². The van der Waals surface area contributed by atoms with Gasteiger partial charge in [-0.25, -0.2) is 9.28 Å². The number of aromatic nitrogens is 3. The van der Waals surface area contributed by atoms with Crippen LogP contribution < -0.4 is 19.6 Å². The van der Waals surface area contributed by atoms with E-state index >= 15 is 0 Å². The van der Waals surface area contributed by atoms with Crippen molar-refractivity contribution in [1.29, 1.82) is 0 Å². The Bertz CT molecular complexity index is 1800. The molecule has 2 saturated heterocycles. The number of carbonyl (C=O) groups is 2. The number of anilines is 3. The molecule has 1 N–H and O–H groups in total. The summed E-state index contributed by atoms with van der Waals surface area (Å²) in [4.78, 5) is 38.0. The van der Waals surface area contributed by atoms with Gasteiger partial charge in [-0.3, -0.25) is 4.79 Å². The van der Waals surface area contributed by atoms with Gasteiger partial charge in [0, 0.05) is 48.3 Å². The van der Waals surface area contributed by atoms with Crippen molar-refractivity contribution in [1.82, 2.24) is 19.7 Å². The van der Waals surface area contributed by atoms with Gasteiger partial charge in [-0.15, -0.1) is 10.2 Å². The third-order valence-corrected chi connectivity index (χ3v) is 13.2. The molecule has 1 aliphatic carbocycles. The second-order valence-corrected chi connectivity index (χ2v) is 16.7. The van der Waals surface area contributed by atoms with E-state index in [1.165, 1.54) is 53.3 Å². The molecule has 2 aromatic heterocycles. The summed E-state index contributed by atoms with van der Waals surface area (Å²) in [5, 5.41) is 14.4. The molecule has 0 radical (unpaired) electrons. The number of amides is 2. The minimum Gasteiger partial charge on any atom is -0.372 e. The van der Waals surface area contributed by atoms with E-state index in [1.54, 1.807) is 11.3 Å². The highest BCUT2D eigenvalue weighted by Crippen LogP contribution is 2.46. The summed E-state index contributed by atoms with van der Waals surface area (Å²) >= 11 is 3.23. The first-order valence-corrected chi connectivity index (χ1v) is 20.1. The molecule has 2 amide bonds. The molecule has 4 heterocycles. The van der Waals surface area contributed by atoms with E-state index in [2.05, 4.69) is 68.6 Å². The van der Waals surface area contributed by atoms with E-state index < -0.39 is 0 Å². The summed E-state index contributed by atoms with van der Waals surface area (Å²) in [6, 6.07) is 16.8. The molecule has 3 fully saturated rings. The van der Waals surface area contributed by atoms with Gasteiger partial charge >= 0.3 is 5.91 Å².